The van der Waals surface area contributed by atoms with E-state index >= 15 is 0 Å². The van der Waals surface area contributed by atoms with Crippen molar-refractivity contribution in [3.05, 3.63) is 63.2 Å². The second-order valence-corrected chi connectivity index (χ2v) is 9.43. The third kappa shape index (κ3) is 5.97. The molecule has 170 valence electrons. The molecule has 0 saturated carbocycles. The van der Waals surface area contributed by atoms with E-state index in [0.29, 0.717) is 25.2 Å². The summed E-state index contributed by atoms with van der Waals surface area (Å²) < 4.78 is 0. The maximum absolute atomic E-state index is 12.5. The van der Waals surface area contributed by atoms with Gasteiger partial charge in [0.25, 0.3) is 11.6 Å². The first-order valence-corrected chi connectivity index (χ1v) is 10.8. The van der Waals surface area contributed by atoms with Crippen molar-refractivity contribution >= 4 is 40.5 Å². The quantitative estimate of drug-likeness (QED) is 0.522. The van der Waals surface area contributed by atoms with E-state index in [1.165, 1.54) is 12.1 Å². The van der Waals surface area contributed by atoms with Crippen molar-refractivity contribution in [3.8, 4) is 0 Å². The molecule has 0 unspecified atom stereocenters. The van der Waals surface area contributed by atoms with Gasteiger partial charge in [-0.3, -0.25) is 19.7 Å². The summed E-state index contributed by atoms with van der Waals surface area (Å²) in [5.74, 6) is -0.247. The molecule has 1 aliphatic rings. The summed E-state index contributed by atoms with van der Waals surface area (Å²) in [6.45, 7) is 9.07. The Morgan fingerprint density at radius 2 is 1.69 bits per heavy atom. The molecule has 8 nitrogen and oxygen atoms in total. The van der Waals surface area contributed by atoms with E-state index in [4.69, 9.17) is 11.6 Å². The van der Waals surface area contributed by atoms with Crippen molar-refractivity contribution in [2.24, 2.45) is 5.41 Å². The van der Waals surface area contributed by atoms with Crippen LogP contribution in [0.2, 0.25) is 5.02 Å². The molecule has 1 aliphatic heterocycles. The number of hydrogen-bond donors (Lipinski definition) is 1. The van der Waals surface area contributed by atoms with Crippen LogP contribution >= 0.6 is 11.6 Å². The Hall–Kier alpha value is -3.13. The minimum Gasteiger partial charge on any atom is -0.368 e. The normalized spacial score (nSPS) is 14.2. The number of benzene rings is 2. The minimum atomic E-state index is -0.563. The van der Waals surface area contributed by atoms with Gasteiger partial charge in [-0.1, -0.05) is 32.4 Å². The summed E-state index contributed by atoms with van der Waals surface area (Å²) in [6, 6.07) is 11.2. The largest absolute Gasteiger partial charge is 0.368 e. The molecule has 0 spiro atoms. The zero-order valence-corrected chi connectivity index (χ0v) is 19.2. The molecular formula is C23H27ClN4O4. The SMILES string of the molecule is CC(C)(C)CC(=O)N1CCN(c2ccc(NC(=O)c3ccc([N+](=O)[O-])cc3Cl)cc2)CC1. The van der Waals surface area contributed by atoms with Gasteiger partial charge >= 0.3 is 0 Å². The number of nitrogens with one attached hydrogen (secondary N) is 1. The van der Waals surface area contributed by atoms with E-state index in [2.05, 4.69) is 31.0 Å². The van der Waals surface area contributed by atoms with Crippen LogP contribution in [0, 0.1) is 15.5 Å². The van der Waals surface area contributed by atoms with E-state index in [1.807, 2.05) is 17.0 Å². The highest BCUT2D eigenvalue weighted by molar-refractivity contribution is 6.34. The molecule has 1 saturated heterocycles. The lowest BCUT2D eigenvalue weighted by Crippen LogP contribution is -2.49. The van der Waals surface area contributed by atoms with Crippen molar-refractivity contribution in [1.29, 1.82) is 0 Å². The van der Waals surface area contributed by atoms with Crippen LogP contribution in [0.4, 0.5) is 17.1 Å². The van der Waals surface area contributed by atoms with Crippen molar-refractivity contribution in [1.82, 2.24) is 4.90 Å². The highest BCUT2D eigenvalue weighted by atomic mass is 35.5. The molecule has 2 aromatic rings. The first kappa shape index (κ1) is 23.5. The van der Waals surface area contributed by atoms with Gasteiger partial charge in [-0.05, 0) is 35.7 Å². The van der Waals surface area contributed by atoms with Gasteiger partial charge in [0.15, 0.2) is 0 Å². The standard InChI is InChI=1S/C23H27ClN4O4/c1-23(2,3)15-21(29)27-12-10-26(11-13-27)17-6-4-16(5-7-17)25-22(30)19-9-8-18(28(31)32)14-20(19)24/h4-9,14H,10-13,15H2,1-3H3,(H,25,30). The third-order valence-corrected chi connectivity index (χ3v) is 5.53. The number of nitro benzene ring substituents is 1. The molecule has 0 bridgehead atoms. The van der Waals surface area contributed by atoms with Crippen molar-refractivity contribution < 1.29 is 14.5 Å². The van der Waals surface area contributed by atoms with Crippen LogP contribution in [0.1, 0.15) is 37.6 Å². The fourth-order valence-electron chi connectivity index (χ4n) is 3.54. The zero-order valence-electron chi connectivity index (χ0n) is 18.4. The molecule has 1 N–H and O–H groups in total. The third-order valence-electron chi connectivity index (χ3n) is 5.21. The van der Waals surface area contributed by atoms with Gasteiger partial charge in [0.1, 0.15) is 0 Å². The molecule has 2 aromatic carbocycles. The lowest BCUT2D eigenvalue weighted by atomic mass is 9.91. The van der Waals surface area contributed by atoms with E-state index in [1.54, 1.807) is 12.1 Å². The Morgan fingerprint density at radius 1 is 1.06 bits per heavy atom. The van der Waals surface area contributed by atoms with Crippen LogP contribution < -0.4 is 10.2 Å². The monoisotopic (exact) mass is 458 g/mol. The summed E-state index contributed by atoms with van der Waals surface area (Å²) in [4.78, 5) is 39.3. The topological polar surface area (TPSA) is 95.8 Å². The number of nitrogens with zero attached hydrogens (tertiary/aromatic N) is 3. The first-order chi connectivity index (χ1) is 15.0. The second kappa shape index (κ2) is 9.56. The molecular weight excluding hydrogens is 432 g/mol. The van der Waals surface area contributed by atoms with E-state index in [-0.39, 0.29) is 27.6 Å². The van der Waals surface area contributed by atoms with Crippen molar-refractivity contribution in [2.75, 3.05) is 36.4 Å². The van der Waals surface area contributed by atoms with Crippen LogP contribution in [0.5, 0.6) is 0 Å². The molecule has 0 radical (unpaired) electrons. The molecule has 32 heavy (non-hydrogen) atoms. The first-order valence-electron chi connectivity index (χ1n) is 10.4. The molecule has 2 amide bonds. The number of carbonyl (C=O) groups excluding carboxylic acids is 2. The maximum Gasteiger partial charge on any atom is 0.270 e. The number of carbonyl (C=O) groups is 2. The fourth-order valence-corrected chi connectivity index (χ4v) is 3.80. The number of anilines is 2. The minimum absolute atomic E-state index is 0.0206. The predicted molar refractivity (Wildman–Crippen MR) is 125 cm³/mol. The molecule has 0 aromatic heterocycles. The van der Waals surface area contributed by atoms with E-state index in [9.17, 15) is 19.7 Å². The van der Waals surface area contributed by atoms with Gasteiger partial charge < -0.3 is 15.1 Å². The van der Waals surface area contributed by atoms with Crippen LogP contribution in [0.3, 0.4) is 0 Å². The Labute approximate surface area is 192 Å². The molecule has 0 atom stereocenters. The van der Waals surface area contributed by atoms with Crippen LogP contribution in [0.15, 0.2) is 42.5 Å². The van der Waals surface area contributed by atoms with Gasteiger partial charge in [-0.2, -0.15) is 0 Å². The average molecular weight is 459 g/mol. The summed E-state index contributed by atoms with van der Waals surface area (Å²) >= 11 is 6.03. The highest BCUT2D eigenvalue weighted by Gasteiger charge is 2.25. The zero-order chi connectivity index (χ0) is 23.5. The number of nitro groups is 1. The number of rotatable bonds is 5. The lowest BCUT2D eigenvalue weighted by Gasteiger charge is -2.37. The number of non-ortho nitro benzene ring substituents is 1. The van der Waals surface area contributed by atoms with Crippen LogP contribution in [-0.2, 0) is 4.79 Å². The average Bonchev–Trinajstić information content (AvgIpc) is 2.73. The molecule has 1 fully saturated rings. The van der Waals surface area contributed by atoms with E-state index < -0.39 is 10.8 Å². The number of piperazine rings is 1. The summed E-state index contributed by atoms with van der Waals surface area (Å²) in [5.41, 5.74) is 1.58. The second-order valence-electron chi connectivity index (χ2n) is 9.03. The summed E-state index contributed by atoms with van der Waals surface area (Å²) in [5, 5.41) is 13.6. The number of amides is 2. The smallest absolute Gasteiger partial charge is 0.270 e. The highest BCUT2D eigenvalue weighted by Crippen LogP contribution is 2.25. The van der Waals surface area contributed by atoms with Crippen molar-refractivity contribution in [2.45, 2.75) is 27.2 Å². The maximum atomic E-state index is 12.5. The Balaban J connectivity index is 1.57. The molecule has 0 aliphatic carbocycles. The van der Waals surface area contributed by atoms with Crippen molar-refractivity contribution in [3.63, 3.8) is 0 Å². The number of halogens is 1. The molecule has 9 heteroatoms. The number of hydrogen-bond acceptors (Lipinski definition) is 5. The Morgan fingerprint density at radius 3 is 2.22 bits per heavy atom. The summed E-state index contributed by atoms with van der Waals surface area (Å²) in [6.07, 6.45) is 0.542. The Kier molecular flexibility index (Phi) is 7.03. The predicted octanol–water partition coefficient (Wildman–Crippen LogP) is 4.59. The lowest BCUT2D eigenvalue weighted by molar-refractivity contribution is -0.384. The Bertz CT molecular complexity index is 1010. The van der Waals surface area contributed by atoms with Crippen LogP contribution in [0.25, 0.3) is 0 Å². The van der Waals surface area contributed by atoms with E-state index in [0.717, 1.165) is 24.8 Å². The van der Waals surface area contributed by atoms with Gasteiger partial charge in [0.05, 0.1) is 15.5 Å². The van der Waals surface area contributed by atoms with Gasteiger partial charge in [-0.25, -0.2) is 0 Å². The van der Waals surface area contributed by atoms with Gasteiger partial charge in [0, 0.05) is 56.1 Å². The van der Waals surface area contributed by atoms with Crippen LogP contribution in [-0.4, -0.2) is 47.8 Å². The molecule has 1 heterocycles. The molecule has 3 rings (SSSR count). The fraction of sp³-hybridized carbons (Fsp3) is 0.391. The van der Waals surface area contributed by atoms with Gasteiger partial charge in [0.2, 0.25) is 5.91 Å². The van der Waals surface area contributed by atoms with Gasteiger partial charge in [-0.15, -0.1) is 0 Å². The summed E-state index contributed by atoms with van der Waals surface area (Å²) in [7, 11) is 0.